The van der Waals surface area contributed by atoms with Crippen LogP contribution in [0.3, 0.4) is 0 Å². The Bertz CT molecular complexity index is 1240. The number of benzene rings is 2. The van der Waals surface area contributed by atoms with Gasteiger partial charge in [-0.2, -0.15) is 0 Å². The minimum Gasteiger partial charge on any atom is -0.422 e. The first kappa shape index (κ1) is 18.6. The van der Waals surface area contributed by atoms with Crippen molar-refractivity contribution in [3.05, 3.63) is 87.0 Å². The number of nitrogens with zero attached hydrogens (tertiary/aromatic N) is 2. The van der Waals surface area contributed by atoms with Crippen molar-refractivity contribution in [2.45, 2.75) is 38.6 Å². The molecular weight excluding hydrogens is 368 g/mol. The second-order valence-corrected chi connectivity index (χ2v) is 8.08. The van der Waals surface area contributed by atoms with E-state index in [9.17, 15) is 4.79 Å². The monoisotopic (exact) mass is 390 g/mol. The van der Waals surface area contributed by atoms with Gasteiger partial charge in [0, 0.05) is 29.6 Å². The molecular formula is C23H22N2O2S. The number of rotatable bonds is 4. The number of imidazole rings is 1. The Morgan fingerprint density at radius 2 is 1.86 bits per heavy atom. The Kier molecular flexibility index (Phi) is 4.85. The van der Waals surface area contributed by atoms with Gasteiger partial charge in [0.1, 0.15) is 5.58 Å². The average molecular weight is 391 g/mol. The fourth-order valence-electron chi connectivity index (χ4n) is 3.44. The molecule has 0 saturated carbocycles. The average Bonchev–Trinajstić information content (AvgIpc) is 3.11. The second-order valence-electron chi connectivity index (χ2n) is 7.13. The molecule has 0 bridgehead atoms. The van der Waals surface area contributed by atoms with E-state index in [1.807, 2.05) is 32.3 Å². The van der Waals surface area contributed by atoms with E-state index in [-0.39, 0.29) is 5.63 Å². The molecule has 0 aliphatic carbocycles. The molecule has 4 aromatic rings. The number of fused-ring (bicyclic) bond motifs is 1. The molecule has 0 radical (unpaired) electrons. The first-order valence-corrected chi connectivity index (χ1v) is 10.2. The van der Waals surface area contributed by atoms with Crippen molar-refractivity contribution < 1.29 is 4.42 Å². The van der Waals surface area contributed by atoms with Crippen LogP contribution in [0.5, 0.6) is 0 Å². The van der Waals surface area contributed by atoms with Gasteiger partial charge in [-0.05, 0) is 56.0 Å². The summed E-state index contributed by atoms with van der Waals surface area (Å²) in [7, 11) is 0. The van der Waals surface area contributed by atoms with Crippen molar-refractivity contribution in [1.82, 2.24) is 9.55 Å². The third-order valence-electron chi connectivity index (χ3n) is 5.09. The molecule has 142 valence electrons. The molecule has 2 aromatic heterocycles. The van der Waals surface area contributed by atoms with E-state index in [1.54, 1.807) is 17.8 Å². The standard InChI is InChI=1S/C23H22N2O2S/c1-14-5-8-20(16(3)11-14)25-10-9-24-23(25)28-13-18-12-21(26)27-22-17(4)15(2)6-7-19(18)22/h5-12H,13H2,1-4H3. The van der Waals surface area contributed by atoms with Crippen molar-refractivity contribution in [3.63, 3.8) is 0 Å². The smallest absolute Gasteiger partial charge is 0.336 e. The Balaban J connectivity index is 1.69. The Morgan fingerprint density at radius 1 is 1.04 bits per heavy atom. The number of hydrogen-bond donors (Lipinski definition) is 0. The van der Waals surface area contributed by atoms with Crippen molar-refractivity contribution in [3.8, 4) is 5.69 Å². The van der Waals surface area contributed by atoms with E-state index >= 15 is 0 Å². The van der Waals surface area contributed by atoms with Crippen LogP contribution in [0.1, 0.15) is 27.8 Å². The SMILES string of the molecule is Cc1ccc(-n2ccnc2SCc2cc(=O)oc3c(C)c(C)ccc23)c(C)c1. The Hall–Kier alpha value is -2.79. The number of aryl methyl sites for hydroxylation is 4. The zero-order valence-electron chi connectivity index (χ0n) is 16.4. The third-order valence-corrected chi connectivity index (χ3v) is 6.11. The fourth-order valence-corrected chi connectivity index (χ4v) is 4.40. The molecule has 0 unspecified atom stereocenters. The fraction of sp³-hybridized carbons (Fsp3) is 0.217. The van der Waals surface area contributed by atoms with Crippen LogP contribution in [0.2, 0.25) is 0 Å². The molecule has 0 saturated heterocycles. The van der Waals surface area contributed by atoms with Gasteiger partial charge in [0.05, 0.1) is 5.69 Å². The maximum absolute atomic E-state index is 12.1. The topological polar surface area (TPSA) is 48.0 Å². The van der Waals surface area contributed by atoms with E-state index in [1.165, 1.54) is 11.1 Å². The maximum Gasteiger partial charge on any atom is 0.336 e. The molecule has 0 aliphatic rings. The van der Waals surface area contributed by atoms with E-state index in [4.69, 9.17) is 4.42 Å². The number of thioether (sulfide) groups is 1. The largest absolute Gasteiger partial charge is 0.422 e. The van der Waals surface area contributed by atoms with Crippen molar-refractivity contribution in [2.24, 2.45) is 0 Å². The van der Waals surface area contributed by atoms with Crippen LogP contribution < -0.4 is 5.63 Å². The highest BCUT2D eigenvalue weighted by atomic mass is 32.2. The maximum atomic E-state index is 12.1. The zero-order chi connectivity index (χ0) is 19.8. The molecule has 0 aliphatic heterocycles. The van der Waals surface area contributed by atoms with Gasteiger partial charge in [-0.25, -0.2) is 9.78 Å². The summed E-state index contributed by atoms with van der Waals surface area (Å²) in [6.07, 6.45) is 3.79. The summed E-state index contributed by atoms with van der Waals surface area (Å²) < 4.78 is 7.58. The molecule has 0 amide bonds. The lowest BCUT2D eigenvalue weighted by Crippen LogP contribution is -2.02. The predicted octanol–water partition coefficient (Wildman–Crippen LogP) is 5.50. The number of hydrogen-bond acceptors (Lipinski definition) is 4. The predicted molar refractivity (Wildman–Crippen MR) is 115 cm³/mol. The highest BCUT2D eigenvalue weighted by molar-refractivity contribution is 7.98. The quantitative estimate of drug-likeness (QED) is 0.341. The summed E-state index contributed by atoms with van der Waals surface area (Å²) in [5, 5.41) is 1.89. The van der Waals surface area contributed by atoms with E-state index < -0.39 is 0 Å². The molecule has 2 aromatic carbocycles. The summed E-state index contributed by atoms with van der Waals surface area (Å²) in [5.74, 6) is 0.645. The van der Waals surface area contributed by atoms with Gasteiger partial charge in [-0.15, -0.1) is 0 Å². The highest BCUT2D eigenvalue weighted by Crippen LogP contribution is 2.30. The Labute approximate surface area is 168 Å². The van der Waals surface area contributed by atoms with Gasteiger partial charge >= 0.3 is 5.63 Å². The highest BCUT2D eigenvalue weighted by Gasteiger charge is 2.13. The molecule has 4 nitrogen and oxygen atoms in total. The van der Waals surface area contributed by atoms with Gasteiger partial charge < -0.3 is 4.42 Å². The Morgan fingerprint density at radius 3 is 2.64 bits per heavy atom. The van der Waals surface area contributed by atoms with Gasteiger partial charge in [0.25, 0.3) is 0 Å². The molecule has 0 N–H and O–H groups in total. The van der Waals surface area contributed by atoms with Crippen LogP contribution >= 0.6 is 11.8 Å². The molecule has 4 rings (SSSR count). The molecule has 5 heteroatoms. The van der Waals surface area contributed by atoms with Gasteiger partial charge in [0.15, 0.2) is 5.16 Å². The van der Waals surface area contributed by atoms with Gasteiger partial charge in [0.2, 0.25) is 0 Å². The summed E-state index contributed by atoms with van der Waals surface area (Å²) in [6, 6.07) is 12.1. The van der Waals surface area contributed by atoms with Crippen molar-refractivity contribution in [2.75, 3.05) is 0 Å². The normalized spacial score (nSPS) is 11.3. The van der Waals surface area contributed by atoms with Crippen LogP contribution in [-0.4, -0.2) is 9.55 Å². The summed E-state index contributed by atoms with van der Waals surface area (Å²) in [5.41, 5.74) is 7.03. The molecule has 0 spiro atoms. The molecule has 0 atom stereocenters. The summed E-state index contributed by atoms with van der Waals surface area (Å²) >= 11 is 1.62. The van der Waals surface area contributed by atoms with E-state index in [2.05, 4.69) is 47.7 Å². The summed E-state index contributed by atoms with van der Waals surface area (Å²) in [4.78, 5) is 16.6. The van der Waals surface area contributed by atoms with Crippen LogP contribution in [0.4, 0.5) is 0 Å². The lowest BCUT2D eigenvalue weighted by Gasteiger charge is -2.12. The lowest BCUT2D eigenvalue weighted by molar-refractivity contribution is 0.557. The van der Waals surface area contributed by atoms with Crippen LogP contribution in [-0.2, 0) is 5.75 Å². The van der Waals surface area contributed by atoms with Gasteiger partial charge in [-0.1, -0.05) is 41.6 Å². The first-order valence-electron chi connectivity index (χ1n) is 9.21. The second kappa shape index (κ2) is 7.32. The first-order chi connectivity index (χ1) is 13.4. The lowest BCUT2D eigenvalue weighted by atomic mass is 10.0. The van der Waals surface area contributed by atoms with E-state index in [0.717, 1.165) is 32.9 Å². The molecule has 2 heterocycles. The van der Waals surface area contributed by atoms with Crippen molar-refractivity contribution in [1.29, 1.82) is 0 Å². The van der Waals surface area contributed by atoms with Crippen LogP contribution in [0.15, 0.2) is 63.2 Å². The zero-order valence-corrected chi connectivity index (χ0v) is 17.3. The number of aromatic nitrogens is 2. The minimum atomic E-state index is -0.311. The van der Waals surface area contributed by atoms with Gasteiger partial charge in [-0.3, -0.25) is 4.57 Å². The van der Waals surface area contributed by atoms with Crippen molar-refractivity contribution >= 4 is 22.7 Å². The van der Waals surface area contributed by atoms with Crippen LogP contribution in [0.25, 0.3) is 16.7 Å². The van der Waals surface area contributed by atoms with E-state index in [0.29, 0.717) is 11.3 Å². The minimum absolute atomic E-state index is 0.311. The third kappa shape index (κ3) is 3.38. The summed E-state index contributed by atoms with van der Waals surface area (Å²) in [6.45, 7) is 8.22. The molecule has 0 fully saturated rings. The molecule has 28 heavy (non-hydrogen) atoms. The van der Waals surface area contributed by atoms with Crippen LogP contribution in [0, 0.1) is 27.7 Å².